The van der Waals surface area contributed by atoms with Gasteiger partial charge in [-0.3, -0.25) is 9.36 Å². The Hall–Kier alpha value is -3.40. The van der Waals surface area contributed by atoms with Crippen LogP contribution in [0.2, 0.25) is 0 Å². The summed E-state index contributed by atoms with van der Waals surface area (Å²) in [6.45, 7) is 1.95. The van der Waals surface area contributed by atoms with Crippen LogP contribution < -0.4 is 5.32 Å². The first kappa shape index (κ1) is 16.1. The van der Waals surface area contributed by atoms with E-state index in [-0.39, 0.29) is 6.04 Å². The Balaban J connectivity index is 1.74. The molecule has 26 heavy (non-hydrogen) atoms. The van der Waals surface area contributed by atoms with Crippen molar-refractivity contribution in [2.75, 3.05) is 0 Å². The molecule has 3 aromatic carbocycles. The fourth-order valence-electron chi connectivity index (χ4n) is 3.17. The van der Waals surface area contributed by atoms with Crippen molar-refractivity contribution in [3.63, 3.8) is 0 Å². The predicted octanol–water partition coefficient (Wildman–Crippen LogP) is 4.50. The molecule has 128 valence electrons. The molecule has 0 radical (unpaired) electrons. The molecule has 1 aromatic heterocycles. The van der Waals surface area contributed by atoms with E-state index in [1.165, 1.54) is 11.1 Å². The van der Waals surface area contributed by atoms with Gasteiger partial charge < -0.3 is 5.32 Å². The van der Waals surface area contributed by atoms with Gasteiger partial charge in [-0.15, -0.1) is 0 Å². The lowest BCUT2D eigenvalue weighted by Gasteiger charge is -2.11. The SMILES string of the molecule is CC(NC=O)c1ccc2c(c1)ncn2-c1cccc(-c2ccccc2)c1. The largest absolute Gasteiger partial charge is 0.352 e. The monoisotopic (exact) mass is 341 g/mol. The van der Waals surface area contributed by atoms with Gasteiger partial charge in [-0.25, -0.2) is 4.98 Å². The zero-order valence-electron chi connectivity index (χ0n) is 14.5. The van der Waals surface area contributed by atoms with Crippen LogP contribution in [0.5, 0.6) is 0 Å². The molecule has 0 spiro atoms. The number of amides is 1. The Morgan fingerprint density at radius 3 is 2.58 bits per heavy atom. The zero-order chi connectivity index (χ0) is 17.9. The van der Waals surface area contributed by atoms with Crippen LogP contribution in [0.4, 0.5) is 0 Å². The van der Waals surface area contributed by atoms with Crippen LogP contribution >= 0.6 is 0 Å². The molecule has 0 aliphatic carbocycles. The second-order valence-corrected chi connectivity index (χ2v) is 6.29. The molecule has 4 aromatic rings. The van der Waals surface area contributed by atoms with Gasteiger partial charge in [0.05, 0.1) is 17.1 Å². The number of fused-ring (bicyclic) bond motifs is 1. The van der Waals surface area contributed by atoms with Crippen molar-refractivity contribution in [3.05, 3.63) is 84.7 Å². The Kier molecular flexibility index (Phi) is 4.23. The number of rotatable bonds is 5. The summed E-state index contributed by atoms with van der Waals surface area (Å²) >= 11 is 0. The van der Waals surface area contributed by atoms with Crippen LogP contribution in [-0.4, -0.2) is 16.0 Å². The lowest BCUT2D eigenvalue weighted by atomic mass is 10.1. The number of hydrogen-bond acceptors (Lipinski definition) is 2. The van der Waals surface area contributed by atoms with Crippen LogP contribution in [-0.2, 0) is 4.79 Å². The molecule has 1 unspecified atom stereocenters. The van der Waals surface area contributed by atoms with Gasteiger partial charge in [-0.2, -0.15) is 0 Å². The molecule has 0 aliphatic rings. The highest BCUT2D eigenvalue weighted by atomic mass is 16.1. The molecule has 4 nitrogen and oxygen atoms in total. The number of carbonyl (C=O) groups is 1. The van der Waals surface area contributed by atoms with E-state index in [9.17, 15) is 4.79 Å². The van der Waals surface area contributed by atoms with E-state index in [2.05, 4.69) is 57.3 Å². The zero-order valence-corrected chi connectivity index (χ0v) is 14.5. The number of nitrogens with one attached hydrogen (secondary N) is 1. The van der Waals surface area contributed by atoms with Crippen molar-refractivity contribution in [2.45, 2.75) is 13.0 Å². The molecule has 1 amide bonds. The smallest absolute Gasteiger partial charge is 0.207 e. The van der Waals surface area contributed by atoms with E-state index in [4.69, 9.17) is 0 Å². The molecular formula is C22H19N3O. The molecule has 1 N–H and O–H groups in total. The maximum absolute atomic E-state index is 10.7. The standard InChI is InChI=1S/C22H19N3O/c1-16(24-15-26)18-10-11-22-21(13-18)23-14-25(22)20-9-5-8-19(12-20)17-6-3-2-4-7-17/h2-16H,1H3,(H,24,26). The van der Waals surface area contributed by atoms with Crippen LogP contribution in [0.1, 0.15) is 18.5 Å². The highest BCUT2D eigenvalue weighted by molar-refractivity contribution is 5.79. The third-order valence-electron chi connectivity index (χ3n) is 4.62. The van der Waals surface area contributed by atoms with Crippen molar-refractivity contribution in [1.29, 1.82) is 0 Å². The van der Waals surface area contributed by atoms with E-state index in [1.54, 1.807) is 0 Å². The fraction of sp³-hybridized carbons (Fsp3) is 0.0909. The summed E-state index contributed by atoms with van der Waals surface area (Å²) in [6.07, 6.45) is 2.57. The van der Waals surface area contributed by atoms with Gasteiger partial charge in [0.1, 0.15) is 6.33 Å². The van der Waals surface area contributed by atoms with Crippen molar-refractivity contribution in [2.24, 2.45) is 0 Å². The molecule has 1 atom stereocenters. The minimum Gasteiger partial charge on any atom is -0.352 e. The summed E-state index contributed by atoms with van der Waals surface area (Å²) in [4.78, 5) is 15.2. The van der Waals surface area contributed by atoms with Crippen molar-refractivity contribution in [3.8, 4) is 16.8 Å². The van der Waals surface area contributed by atoms with E-state index in [0.717, 1.165) is 28.7 Å². The molecule has 0 bridgehead atoms. The summed E-state index contributed by atoms with van der Waals surface area (Å²) in [5.41, 5.74) is 6.41. The molecule has 4 heteroatoms. The first-order chi connectivity index (χ1) is 12.8. The summed E-state index contributed by atoms with van der Waals surface area (Å²) in [5, 5.41) is 2.78. The van der Waals surface area contributed by atoms with E-state index < -0.39 is 0 Å². The van der Waals surface area contributed by atoms with Gasteiger partial charge in [0.25, 0.3) is 0 Å². The molecule has 1 heterocycles. The molecule has 0 fully saturated rings. The van der Waals surface area contributed by atoms with Gasteiger partial charge in [-0.1, -0.05) is 48.5 Å². The normalized spacial score (nSPS) is 12.0. The first-order valence-corrected chi connectivity index (χ1v) is 8.59. The molecular weight excluding hydrogens is 322 g/mol. The van der Waals surface area contributed by atoms with Crippen molar-refractivity contribution in [1.82, 2.24) is 14.9 Å². The topological polar surface area (TPSA) is 46.9 Å². The number of aromatic nitrogens is 2. The number of benzene rings is 3. The molecule has 4 rings (SSSR count). The Bertz CT molecular complexity index is 1050. The molecule has 0 saturated heterocycles. The molecule has 0 saturated carbocycles. The van der Waals surface area contributed by atoms with E-state index in [1.807, 2.05) is 43.6 Å². The predicted molar refractivity (Wildman–Crippen MR) is 104 cm³/mol. The average Bonchev–Trinajstić information content (AvgIpc) is 3.12. The lowest BCUT2D eigenvalue weighted by Crippen LogP contribution is -2.15. The second-order valence-electron chi connectivity index (χ2n) is 6.29. The van der Waals surface area contributed by atoms with E-state index >= 15 is 0 Å². The number of carbonyl (C=O) groups excluding carboxylic acids is 1. The van der Waals surface area contributed by atoms with Crippen molar-refractivity contribution < 1.29 is 4.79 Å². The van der Waals surface area contributed by atoms with Gasteiger partial charge in [0.15, 0.2) is 0 Å². The maximum Gasteiger partial charge on any atom is 0.207 e. The van der Waals surface area contributed by atoms with Gasteiger partial charge in [-0.05, 0) is 47.9 Å². The Morgan fingerprint density at radius 1 is 0.962 bits per heavy atom. The van der Waals surface area contributed by atoms with Crippen LogP contribution in [0.3, 0.4) is 0 Å². The lowest BCUT2D eigenvalue weighted by molar-refractivity contribution is -0.110. The number of imidazole rings is 1. The Morgan fingerprint density at radius 2 is 1.77 bits per heavy atom. The summed E-state index contributed by atoms with van der Waals surface area (Å²) in [6, 6.07) is 24.8. The quantitative estimate of drug-likeness (QED) is 0.543. The minimum atomic E-state index is -0.0385. The van der Waals surface area contributed by atoms with Gasteiger partial charge in [0, 0.05) is 5.69 Å². The van der Waals surface area contributed by atoms with E-state index in [0.29, 0.717) is 0 Å². The Labute approximate surface area is 152 Å². The highest BCUT2D eigenvalue weighted by Gasteiger charge is 2.09. The second kappa shape index (κ2) is 6.84. The summed E-state index contributed by atoms with van der Waals surface area (Å²) in [5.74, 6) is 0. The van der Waals surface area contributed by atoms with Crippen molar-refractivity contribution >= 4 is 17.4 Å². The number of hydrogen-bond donors (Lipinski definition) is 1. The average molecular weight is 341 g/mol. The summed E-state index contributed by atoms with van der Waals surface area (Å²) < 4.78 is 2.09. The third-order valence-corrected chi connectivity index (χ3v) is 4.62. The first-order valence-electron chi connectivity index (χ1n) is 8.59. The third kappa shape index (κ3) is 2.97. The van der Waals surface area contributed by atoms with Gasteiger partial charge in [0.2, 0.25) is 6.41 Å². The molecule has 0 aliphatic heterocycles. The number of nitrogens with zero attached hydrogens (tertiary/aromatic N) is 2. The summed E-state index contributed by atoms with van der Waals surface area (Å²) in [7, 11) is 0. The van der Waals surface area contributed by atoms with Crippen LogP contribution in [0, 0.1) is 0 Å². The van der Waals surface area contributed by atoms with Crippen LogP contribution in [0.15, 0.2) is 79.1 Å². The van der Waals surface area contributed by atoms with Gasteiger partial charge >= 0.3 is 0 Å². The maximum atomic E-state index is 10.7. The van der Waals surface area contributed by atoms with Crippen LogP contribution in [0.25, 0.3) is 27.8 Å². The minimum absolute atomic E-state index is 0.0385. The fourth-order valence-corrected chi connectivity index (χ4v) is 3.17. The highest BCUT2D eigenvalue weighted by Crippen LogP contribution is 2.25.